The van der Waals surface area contributed by atoms with Crippen LogP contribution in [0.25, 0.3) is 0 Å². The van der Waals surface area contributed by atoms with Gasteiger partial charge in [-0.05, 0) is 130 Å². The van der Waals surface area contributed by atoms with Crippen molar-refractivity contribution in [3.63, 3.8) is 0 Å². The molecule has 8 aliphatic heterocycles. The van der Waals surface area contributed by atoms with Crippen LogP contribution in [0.4, 0.5) is 0 Å². The maximum atomic E-state index is 16.3. The largest absolute Gasteiger partial charge is 0.479 e. The Balaban J connectivity index is 0.742. The highest BCUT2D eigenvalue weighted by Gasteiger charge is 2.71. The molecule has 23 N–H and O–H groups in total. The van der Waals surface area contributed by atoms with Crippen molar-refractivity contribution in [2.24, 2.45) is 62.6 Å². The average molecular weight is 1990 g/mol. The zero-order valence-electron chi connectivity index (χ0n) is 79.6. The Morgan fingerprint density at radius 2 is 1.04 bits per heavy atom. The summed E-state index contributed by atoms with van der Waals surface area (Å²) in [7, 11) is 0. The van der Waals surface area contributed by atoms with Crippen molar-refractivity contribution >= 4 is 30.2 Å². The Hall–Kier alpha value is -4.19. The molecule has 13 rings (SSSR count). The molecule has 46 nitrogen and oxygen atoms in total. The molecule has 0 aromatic heterocycles. The molecule has 1 unspecified atom stereocenters. The van der Waals surface area contributed by atoms with E-state index in [0.717, 1.165) is 11.9 Å². The lowest BCUT2D eigenvalue weighted by atomic mass is 9.36. The number of carbonyl (C=O) groups excluding carboxylic acids is 4. The van der Waals surface area contributed by atoms with E-state index in [0.29, 0.717) is 51.4 Å². The molecule has 0 bridgehead atoms. The van der Waals surface area contributed by atoms with Crippen LogP contribution in [0.3, 0.4) is 0 Å². The van der Waals surface area contributed by atoms with E-state index in [2.05, 4.69) is 19.9 Å². The molecule has 0 radical (unpaired) electrons. The van der Waals surface area contributed by atoms with Gasteiger partial charge in [-0.2, -0.15) is 0 Å². The molecule has 8 heterocycles. The topological polar surface area (TPSA) is 717 Å². The molecule has 0 spiro atoms. The lowest BCUT2D eigenvalue weighted by Gasteiger charge is -2.68. The van der Waals surface area contributed by atoms with Gasteiger partial charge in [-0.3, -0.25) is 14.4 Å². The van der Waals surface area contributed by atoms with Crippen molar-refractivity contribution in [3.05, 3.63) is 11.6 Å². The molecule has 0 amide bonds. The summed E-state index contributed by atoms with van der Waals surface area (Å²) in [5.41, 5.74) is -6.59. The number of fused-ring (bicyclic) bond motifs is 7. The van der Waals surface area contributed by atoms with Crippen LogP contribution in [0, 0.1) is 62.6 Å². The summed E-state index contributed by atoms with van der Waals surface area (Å²) in [5, 5.41) is 256. The molecule has 138 heavy (non-hydrogen) atoms. The van der Waals surface area contributed by atoms with Crippen molar-refractivity contribution in [3.8, 4) is 0 Å². The van der Waals surface area contributed by atoms with Crippen LogP contribution in [-0.4, -0.2) is 438 Å². The van der Waals surface area contributed by atoms with E-state index in [1.807, 2.05) is 20.8 Å². The fourth-order valence-corrected chi connectivity index (χ4v) is 23.9. The summed E-state index contributed by atoms with van der Waals surface area (Å²) in [4.78, 5) is 71.9. The molecular weight excluding hydrogens is 1840 g/mol. The van der Waals surface area contributed by atoms with Crippen molar-refractivity contribution in [1.29, 1.82) is 0 Å². The van der Waals surface area contributed by atoms with Crippen LogP contribution in [-0.2, 0) is 109 Å². The molecule has 12 fully saturated rings. The molecule has 4 saturated carbocycles. The van der Waals surface area contributed by atoms with E-state index in [4.69, 9.17) is 85.3 Å². The molecule has 52 atom stereocenters. The summed E-state index contributed by atoms with van der Waals surface area (Å²) in [5.74, 6) is -7.62. The number of hydrogen-bond acceptors (Lipinski definition) is 45. The minimum absolute atomic E-state index is 0.0225. The minimum Gasteiger partial charge on any atom is -0.479 e. The zero-order valence-corrected chi connectivity index (χ0v) is 79.6. The van der Waals surface area contributed by atoms with Crippen LogP contribution < -0.4 is 0 Å². The normalized spacial score (nSPS) is 48.7. The fraction of sp³-hybridized carbons (Fsp3) is 0.924. The number of carbonyl (C=O) groups is 5. The van der Waals surface area contributed by atoms with Gasteiger partial charge in [-0.1, -0.05) is 86.8 Å². The number of carboxylic acid groups (broad SMARTS) is 1. The molecule has 792 valence electrons. The second-order valence-corrected chi connectivity index (χ2v) is 42.4. The molecule has 5 aliphatic carbocycles. The zero-order chi connectivity index (χ0) is 101. The third kappa shape index (κ3) is 21.8. The van der Waals surface area contributed by atoms with E-state index in [1.165, 1.54) is 20.8 Å². The summed E-state index contributed by atoms with van der Waals surface area (Å²) in [6.07, 6.45) is -67.6. The molecule has 8 saturated heterocycles. The molecule has 46 heteroatoms. The number of aliphatic hydroxyl groups is 22. The number of aliphatic carboxylic acids is 1. The van der Waals surface area contributed by atoms with E-state index >= 15 is 4.79 Å². The van der Waals surface area contributed by atoms with Crippen LogP contribution in [0.2, 0.25) is 0 Å². The number of aldehydes is 1. The predicted molar refractivity (Wildman–Crippen MR) is 458 cm³/mol. The summed E-state index contributed by atoms with van der Waals surface area (Å²) < 4.78 is 109. The highest BCUT2D eigenvalue weighted by atomic mass is 16.8. The first kappa shape index (κ1) is 111. The number of ether oxygens (including phenoxy) is 18. The molecule has 0 aromatic carbocycles. The Morgan fingerprint density at radius 1 is 0.500 bits per heavy atom. The van der Waals surface area contributed by atoms with Gasteiger partial charge in [0.25, 0.3) is 0 Å². The Labute approximate surface area is 797 Å². The Bertz CT molecular complexity index is 4080. The van der Waals surface area contributed by atoms with Crippen molar-refractivity contribution in [1.82, 2.24) is 0 Å². The maximum absolute atomic E-state index is 16.3. The Morgan fingerprint density at radius 3 is 1.67 bits per heavy atom. The minimum atomic E-state index is -2.27. The van der Waals surface area contributed by atoms with Gasteiger partial charge >= 0.3 is 23.9 Å². The lowest BCUT2D eigenvalue weighted by molar-refractivity contribution is -0.394. The van der Waals surface area contributed by atoms with Gasteiger partial charge < -0.3 is 208 Å². The maximum Gasteiger partial charge on any atom is 0.335 e. The van der Waals surface area contributed by atoms with Crippen LogP contribution >= 0.6 is 0 Å². The van der Waals surface area contributed by atoms with Gasteiger partial charge in [0.15, 0.2) is 62.3 Å². The monoisotopic (exact) mass is 1990 g/mol. The molecule has 13 aliphatic rings. The number of rotatable bonds is 35. The summed E-state index contributed by atoms with van der Waals surface area (Å²) in [6, 6.07) is 0. The SMILES string of the molecule is CC[C@H](C)[C@H](C[C@H](O)CC(=O)O[C@@H]1[C@H](O)[C@@H](O[C@@H]2O[C@@H](C)[C@H](O[C@@H]3OC[C@@H](O)[C@H](O[C@@H]4OC[C@](O)(CO)[C@H]4O)[C@H]3O)[C@@H](O)[C@H]2O)[C@H](OC(=O)[C@]23CCC(C)(C)C[C@H]2C2=CC[C@@H]4[C@@]5(C)CC[C@H](O[C@@H]6O[C@H](C(=O)O)[C@@H](O)[C@H](O[C@@H]7O[C@@H](C)[C@@H](O)[C@H](O)[C@H]7O)[C@H]6O[C@@H]6O[C@H](CO)[C@H](O)[C@H](O)[C@H]6O)[C@@](C)(C=O)[C@@H]5CC[C@@]4(C)C2C[C@H]3O)O[C@@H]1C)OC(=O)C[C@@H](O)C[C@H](O[C@@H]1O[C@@H](CO)[C@H](O)[C@H]1O)[C@@H](C)CC. The number of esters is 3. The lowest BCUT2D eigenvalue weighted by Crippen LogP contribution is -2.69. The third-order valence-corrected chi connectivity index (χ3v) is 32.9. The highest BCUT2D eigenvalue weighted by molar-refractivity contribution is 5.80. The first-order valence-corrected chi connectivity index (χ1v) is 48.4. The van der Waals surface area contributed by atoms with E-state index in [-0.39, 0.29) is 43.9 Å². The molecule has 0 aromatic rings. The standard InChI is InChI=1S/C92H148O46/c1-13-35(3)46(126-54(101)25-41(98)24-47(36(4)14-2)127-81-62(109)58(105)49(30-94)128-81)23-40(97)26-55(102)131-70-39(7)125-83(74(66(70)113)136-80-65(112)61(108)69(38(6)124-80)132-78-68(115)71(45(99)31-121-78)133-85-76(116)91(120,33-96)34-122-85)138-86(119)92-22-21-87(8,9)28-44(92)42-15-16-50-88(10,43(42)27-52(92)100)19-17-51-89(50,11)20-18-53(90(51,12)32-95)130-84-75(137-82-64(111)60(107)57(104)48(29-93)129-82)72(67(114)73(135-84)77(117)118)134-79-63(110)59(106)56(103)37(5)123-79/h15,32,35-41,43-53,56-76,78-85,93-94,96-100,103-116,120H,13-14,16-31,33-34H2,1-12H3,(H,117,118)/t35-,36-,37-,38-,39+,40-,41-,43?,44-,45+,46-,47-,48+,49-,50-,51+,52+,53-,56+,57-,58-,59-,60-,61-,62+,63+,64+,65+,66-,67-,68+,69-,70-,71-,72-,73-,74+,75+,76-,78-,79-,80-,81+,82-,83-,84+,85-,88-,89+,90-,91+,92+/m0/s1. The van der Waals surface area contributed by atoms with Gasteiger partial charge in [0, 0.05) is 12.8 Å². The van der Waals surface area contributed by atoms with Gasteiger partial charge in [0.1, 0.15) is 152 Å². The number of allylic oxidation sites excluding steroid dienone is 2. The summed E-state index contributed by atoms with van der Waals surface area (Å²) >= 11 is 0. The number of aliphatic hydroxyl groups excluding tert-OH is 21. The van der Waals surface area contributed by atoms with Crippen LogP contribution in [0.15, 0.2) is 11.6 Å². The fourth-order valence-electron chi connectivity index (χ4n) is 23.9. The quantitative estimate of drug-likeness (QED) is 0.00924. The van der Waals surface area contributed by atoms with Crippen molar-refractivity contribution < 1.29 is 227 Å². The number of hydrogen-bond donors (Lipinski definition) is 23. The van der Waals surface area contributed by atoms with Crippen LogP contribution in [0.1, 0.15) is 179 Å². The second kappa shape index (κ2) is 44.5. The van der Waals surface area contributed by atoms with Gasteiger partial charge in [-0.25, -0.2) is 4.79 Å². The van der Waals surface area contributed by atoms with Crippen molar-refractivity contribution in [2.45, 2.75) is 437 Å². The second-order valence-electron chi connectivity index (χ2n) is 42.4. The van der Waals surface area contributed by atoms with Crippen molar-refractivity contribution in [2.75, 3.05) is 33.0 Å². The van der Waals surface area contributed by atoms with Gasteiger partial charge in [0.2, 0.25) is 6.29 Å². The highest BCUT2D eigenvalue weighted by Crippen LogP contribution is 2.73. The third-order valence-electron chi connectivity index (χ3n) is 32.9. The van der Waals surface area contributed by atoms with Gasteiger partial charge in [-0.15, -0.1) is 0 Å². The Kier molecular flexibility index (Phi) is 35.8. The summed E-state index contributed by atoms with van der Waals surface area (Å²) in [6.45, 7) is 17.5. The van der Waals surface area contributed by atoms with Gasteiger partial charge in [0.05, 0.1) is 100 Å². The number of carboxylic acids is 1. The van der Waals surface area contributed by atoms with E-state index < -0.39 is 378 Å². The predicted octanol–water partition coefficient (Wildman–Crippen LogP) is -5.69. The molecular formula is C92H148O46. The smallest absolute Gasteiger partial charge is 0.335 e. The first-order valence-electron chi connectivity index (χ1n) is 48.4. The average Bonchev–Trinajstić information content (AvgIpc) is 0.706. The van der Waals surface area contributed by atoms with Crippen LogP contribution in [0.5, 0.6) is 0 Å². The first-order chi connectivity index (χ1) is 64.8. The van der Waals surface area contributed by atoms with E-state index in [1.54, 1.807) is 27.7 Å². The van der Waals surface area contributed by atoms with E-state index in [9.17, 15) is 137 Å².